The molecule has 26 heavy (non-hydrogen) atoms. The Morgan fingerprint density at radius 1 is 1.23 bits per heavy atom. The molecule has 1 aliphatic heterocycles. The molecule has 0 radical (unpaired) electrons. The molecule has 1 aliphatic rings. The maximum absolute atomic E-state index is 14.8. The van der Waals surface area contributed by atoms with E-state index >= 15 is 0 Å². The summed E-state index contributed by atoms with van der Waals surface area (Å²) in [6, 6.07) is 5.14. The second-order valence-corrected chi connectivity index (χ2v) is 6.68. The standard InChI is InChI=1S/C17H23FN4O4/c1-13(23)21-9-7-20(8-10-21)12-17(2,18)11-19-16(24)14-3-5-15(6-4-14)22(25)26/h3-6H,7-12H2,1-2H3,(H,19,24). The molecule has 1 saturated heterocycles. The Morgan fingerprint density at radius 3 is 2.31 bits per heavy atom. The first-order valence-corrected chi connectivity index (χ1v) is 8.37. The van der Waals surface area contributed by atoms with Crippen LogP contribution in [0.15, 0.2) is 24.3 Å². The first-order chi connectivity index (χ1) is 12.2. The van der Waals surface area contributed by atoms with E-state index in [1.54, 1.807) is 4.90 Å². The van der Waals surface area contributed by atoms with Crippen molar-refractivity contribution in [1.29, 1.82) is 0 Å². The second kappa shape index (κ2) is 8.22. The molecule has 2 amide bonds. The number of nitro benzene ring substituents is 1. The Labute approximate surface area is 151 Å². The van der Waals surface area contributed by atoms with Crippen molar-refractivity contribution in [1.82, 2.24) is 15.1 Å². The van der Waals surface area contributed by atoms with E-state index in [1.807, 2.05) is 4.90 Å². The van der Waals surface area contributed by atoms with Crippen molar-refractivity contribution in [3.05, 3.63) is 39.9 Å². The number of halogens is 1. The summed E-state index contributed by atoms with van der Waals surface area (Å²) in [5.41, 5.74) is -1.50. The molecule has 8 nitrogen and oxygen atoms in total. The van der Waals surface area contributed by atoms with Crippen molar-refractivity contribution in [2.24, 2.45) is 0 Å². The first-order valence-electron chi connectivity index (χ1n) is 8.37. The van der Waals surface area contributed by atoms with Gasteiger partial charge >= 0.3 is 0 Å². The lowest BCUT2D eigenvalue weighted by atomic mass is 10.1. The number of piperazine rings is 1. The molecular weight excluding hydrogens is 343 g/mol. The SMILES string of the molecule is CC(=O)N1CCN(CC(C)(F)CNC(=O)c2ccc([N+](=O)[O-])cc2)CC1. The van der Waals surface area contributed by atoms with Gasteiger partial charge in [-0.3, -0.25) is 24.6 Å². The highest BCUT2D eigenvalue weighted by molar-refractivity contribution is 5.94. The van der Waals surface area contributed by atoms with E-state index in [1.165, 1.54) is 38.1 Å². The van der Waals surface area contributed by atoms with E-state index in [0.29, 0.717) is 26.2 Å². The average Bonchev–Trinajstić information content (AvgIpc) is 2.60. The minimum absolute atomic E-state index is 0.0167. The third kappa shape index (κ3) is 5.48. The molecule has 0 spiro atoms. The predicted octanol–water partition coefficient (Wildman–Crippen LogP) is 1.22. The Kier molecular flexibility index (Phi) is 6.25. The lowest BCUT2D eigenvalue weighted by molar-refractivity contribution is -0.384. The predicted molar refractivity (Wildman–Crippen MR) is 93.6 cm³/mol. The Morgan fingerprint density at radius 2 is 1.81 bits per heavy atom. The Balaban J connectivity index is 1.82. The van der Waals surface area contributed by atoms with Crippen molar-refractivity contribution >= 4 is 17.5 Å². The zero-order valence-electron chi connectivity index (χ0n) is 14.9. The monoisotopic (exact) mass is 366 g/mol. The van der Waals surface area contributed by atoms with Gasteiger partial charge in [-0.15, -0.1) is 0 Å². The van der Waals surface area contributed by atoms with Gasteiger partial charge in [-0.25, -0.2) is 4.39 Å². The smallest absolute Gasteiger partial charge is 0.269 e. The summed E-state index contributed by atoms with van der Waals surface area (Å²) in [6.07, 6.45) is 0. The summed E-state index contributed by atoms with van der Waals surface area (Å²) in [4.78, 5) is 37.1. The largest absolute Gasteiger partial charge is 0.349 e. The third-order valence-electron chi connectivity index (χ3n) is 4.33. The number of nitro groups is 1. The van der Waals surface area contributed by atoms with Gasteiger partial charge in [0.05, 0.1) is 11.5 Å². The molecule has 1 N–H and O–H groups in total. The zero-order chi connectivity index (χ0) is 19.3. The van der Waals surface area contributed by atoms with Crippen LogP contribution >= 0.6 is 0 Å². The number of rotatable bonds is 6. The van der Waals surface area contributed by atoms with Gasteiger partial charge in [-0.05, 0) is 19.1 Å². The van der Waals surface area contributed by atoms with Gasteiger partial charge in [-0.1, -0.05) is 0 Å². The van der Waals surface area contributed by atoms with E-state index in [4.69, 9.17) is 0 Å². The number of hydrogen-bond acceptors (Lipinski definition) is 5. The van der Waals surface area contributed by atoms with Crippen molar-refractivity contribution in [2.75, 3.05) is 39.3 Å². The molecule has 1 atom stereocenters. The van der Waals surface area contributed by atoms with Crippen LogP contribution in [0.2, 0.25) is 0 Å². The summed E-state index contributed by atoms with van der Waals surface area (Å²) < 4.78 is 14.8. The molecule has 0 saturated carbocycles. The molecule has 142 valence electrons. The highest BCUT2D eigenvalue weighted by atomic mass is 19.1. The van der Waals surface area contributed by atoms with Crippen LogP contribution in [0.25, 0.3) is 0 Å². The average molecular weight is 366 g/mol. The van der Waals surface area contributed by atoms with Gasteiger partial charge in [0.1, 0.15) is 5.67 Å². The van der Waals surface area contributed by atoms with E-state index in [2.05, 4.69) is 5.32 Å². The lowest BCUT2D eigenvalue weighted by Crippen LogP contribution is -2.53. The van der Waals surface area contributed by atoms with Gasteiger partial charge in [0.2, 0.25) is 5.91 Å². The minimum Gasteiger partial charge on any atom is -0.349 e. The summed E-state index contributed by atoms with van der Waals surface area (Å²) in [5, 5.41) is 13.1. The van der Waals surface area contributed by atoms with E-state index in [0.717, 1.165) is 0 Å². The van der Waals surface area contributed by atoms with Crippen LogP contribution in [0.4, 0.5) is 10.1 Å². The number of alkyl halides is 1. The summed E-state index contributed by atoms with van der Waals surface area (Å²) >= 11 is 0. The van der Waals surface area contributed by atoms with Gasteiger partial charge in [-0.2, -0.15) is 0 Å². The highest BCUT2D eigenvalue weighted by Crippen LogP contribution is 2.15. The number of amides is 2. The second-order valence-electron chi connectivity index (χ2n) is 6.68. The molecule has 2 rings (SSSR count). The number of hydrogen-bond donors (Lipinski definition) is 1. The number of nitrogens with one attached hydrogen (secondary N) is 1. The molecule has 0 aromatic heterocycles. The summed E-state index contributed by atoms with van der Waals surface area (Å²) in [7, 11) is 0. The van der Waals surface area contributed by atoms with Crippen LogP contribution in [0.3, 0.4) is 0 Å². The zero-order valence-corrected chi connectivity index (χ0v) is 14.9. The molecule has 1 aromatic rings. The van der Waals surface area contributed by atoms with E-state index in [-0.39, 0.29) is 30.2 Å². The topological polar surface area (TPSA) is 95.8 Å². The fourth-order valence-electron chi connectivity index (χ4n) is 2.84. The molecule has 0 bridgehead atoms. The first kappa shape index (κ1) is 19.8. The molecular formula is C17H23FN4O4. The van der Waals surface area contributed by atoms with Gasteiger partial charge < -0.3 is 10.2 Å². The van der Waals surface area contributed by atoms with Crippen LogP contribution in [-0.2, 0) is 4.79 Å². The maximum atomic E-state index is 14.8. The fourth-order valence-corrected chi connectivity index (χ4v) is 2.84. The summed E-state index contributed by atoms with van der Waals surface area (Å²) in [6.45, 7) is 5.24. The van der Waals surface area contributed by atoms with Gasteiger partial charge in [0.25, 0.3) is 11.6 Å². The molecule has 0 aliphatic carbocycles. The summed E-state index contributed by atoms with van der Waals surface area (Å²) in [5.74, 6) is -0.465. The fraction of sp³-hybridized carbons (Fsp3) is 0.529. The Bertz CT molecular complexity index is 670. The molecule has 1 aromatic carbocycles. The quantitative estimate of drug-likeness (QED) is 0.603. The molecule has 1 heterocycles. The van der Waals surface area contributed by atoms with Crippen molar-refractivity contribution in [2.45, 2.75) is 19.5 Å². The van der Waals surface area contributed by atoms with Crippen molar-refractivity contribution < 1.29 is 18.9 Å². The normalized spacial score (nSPS) is 17.4. The Hall–Kier alpha value is -2.55. The van der Waals surface area contributed by atoms with Crippen molar-refractivity contribution in [3.8, 4) is 0 Å². The van der Waals surface area contributed by atoms with Gasteiger partial charge in [0, 0.05) is 57.3 Å². The minimum atomic E-state index is -1.63. The number of carbonyl (C=O) groups is 2. The van der Waals surface area contributed by atoms with Crippen LogP contribution in [0.5, 0.6) is 0 Å². The van der Waals surface area contributed by atoms with Crippen LogP contribution in [0, 0.1) is 10.1 Å². The molecule has 1 unspecified atom stereocenters. The highest BCUT2D eigenvalue weighted by Gasteiger charge is 2.29. The van der Waals surface area contributed by atoms with Crippen LogP contribution in [0.1, 0.15) is 24.2 Å². The van der Waals surface area contributed by atoms with E-state index in [9.17, 15) is 24.1 Å². The number of carbonyl (C=O) groups excluding carboxylic acids is 2. The van der Waals surface area contributed by atoms with Crippen LogP contribution < -0.4 is 5.32 Å². The van der Waals surface area contributed by atoms with Crippen LogP contribution in [-0.4, -0.2) is 71.5 Å². The number of benzene rings is 1. The number of nitrogens with zero attached hydrogens (tertiary/aromatic N) is 3. The molecule has 1 fully saturated rings. The van der Waals surface area contributed by atoms with Gasteiger partial charge in [0.15, 0.2) is 0 Å². The van der Waals surface area contributed by atoms with E-state index < -0.39 is 16.5 Å². The third-order valence-corrected chi connectivity index (χ3v) is 4.33. The lowest BCUT2D eigenvalue weighted by Gasteiger charge is -2.37. The number of non-ortho nitro benzene ring substituents is 1. The maximum Gasteiger partial charge on any atom is 0.269 e. The van der Waals surface area contributed by atoms with Crippen molar-refractivity contribution in [3.63, 3.8) is 0 Å². The molecule has 9 heteroatoms.